The molecule has 20 heavy (non-hydrogen) atoms. The van der Waals surface area contributed by atoms with Gasteiger partial charge in [0.1, 0.15) is 6.54 Å². The number of carbonyl (C=O) groups excluding carboxylic acids is 1. The highest BCUT2D eigenvalue weighted by atomic mass is 16.3. The molecule has 1 amide bonds. The van der Waals surface area contributed by atoms with Crippen molar-refractivity contribution in [1.29, 1.82) is 0 Å². The Bertz CT molecular complexity index is 575. The fraction of sp³-hybridized carbons (Fsp3) is 0.438. The standard InChI is InChI=1S/C16H22N2O2/c1-12(2)9-14(11-19)17-16(20)10-18-8-7-13-5-3-4-6-15(13)18/h3-8,12,14,19H,9-11H2,1-2H3,(H,17,20). The van der Waals surface area contributed by atoms with Crippen molar-refractivity contribution in [3.63, 3.8) is 0 Å². The second-order valence-corrected chi connectivity index (χ2v) is 5.58. The van der Waals surface area contributed by atoms with Gasteiger partial charge in [0.15, 0.2) is 0 Å². The summed E-state index contributed by atoms with van der Waals surface area (Å²) in [5, 5.41) is 13.3. The van der Waals surface area contributed by atoms with E-state index in [0.717, 1.165) is 17.3 Å². The maximum Gasteiger partial charge on any atom is 0.240 e. The van der Waals surface area contributed by atoms with Crippen LogP contribution in [0, 0.1) is 5.92 Å². The average Bonchev–Trinajstić information content (AvgIpc) is 2.81. The fourth-order valence-corrected chi connectivity index (χ4v) is 2.45. The first kappa shape index (κ1) is 14.6. The van der Waals surface area contributed by atoms with E-state index in [-0.39, 0.29) is 25.1 Å². The van der Waals surface area contributed by atoms with Gasteiger partial charge in [0.2, 0.25) is 5.91 Å². The number of benzene rings is 1. The lowest BCUT2D eigenvalue weighted by molar-refractivity contribution is -0.122. The summed E-state index contributed by atoms with van der Waals surface area (Å²) < 4.78 is 1.93. The number of rotatable bonds is 6. The van der Waals surface area contributed by atoms with Crippen molar-refractivity contribution in [3.8, 4) is 0 Å². The molecule has 1 unspecified atom stereocenters. The van der Waals surface area contributed by atoms with E-state index >= 15 is 0 Å². The number of hydrogen-bond acceptors (Lipinski definition) is 2. The van der Waals surface area contributed by atoms with Crippen LogP contribution in [0.5, 0.6) is 0 Å². The highest BCUT2D eigenvalue weighted by Gasteiger charge is 2.13. The molecule has 2 N–H and O–H groups in total. The Kier molecular flexibility index (Phi) is 4.79. The molecule has 1 atom stereocenters. The lowest BCUT2D eigenvalue weighted by atomic mass is 10.0. The monoisotopic (exact) mass is 274 g/mol. The summed E-state index contributed by atoms with van der Waals surface area (Å²) in [6, 6.07) is 9.81. The first-order chi connectivity index (χ1) is 9.60. The summed E-state index contributed by atoms with van der Waals surface area (Å²) >= 11 is 0. The molecule has 2 aromatic rings. The summed E-state index contributed by atoms with van der Waals surface area (Å²) in [5.74, 6) is 0.380. The summed E-state index contributed by atoms with van der Waals surface area (Å²) in [5.41, 5.74) is 1.05. The van der Waals surface area contributed by atoms with Crippen molar-refractivity contribution >= 4 is 16.8 Å². The molecule has 0 saturated carbocycles. The van der Waals surface area contributed by atoms with Crippen molar-refractivity contribution in [2.45, 2.75) is 32.9 Å². The third-order valence-electron chi connectivity index (χ3n) is 3.34. The Balaban J connectivity index is 2.00. The van der Waals surface area contributed by atoms with Crippen LogP contribution in [0.15, 0.2) is 36.5 Å². The van der Waals surface area contributed by atoms with Crippen LogP contribution >= 0.6 is 0 Å². The summed E-state index contributed by atoms with van der Waals surface area (Å²) in [6.45, 7) is 4.42. The molecule has 0 saturated heterocycles. The number of aromatic nitrogens is 1. The lowest BCUT2D eigenvalue weighted by Crippen LogP contribution is -2.40. The minimum Gasteiger partial charge on any atom is -0.394 e. The first-order valence-corrected chi connectivity index (χ1v) is 7.04. The van der Waals surface area contributed by atoms with Crippen LogP contribution in [-0.2, 0) is 11.3 Å². The minimum absolute atomic E-state index is 0.0175. The predicted molar refractivity (Wildman–Crippen MR) is 80.4 cm³/mol. The molecule has 4 heteroatoms. The maximum absolute atomic E-state index is 12.1. The molecule has 2 rings (SSSR count). The molecular weight excluding hydrogens is 252 g/mol. The van der Waals surface area contributed by atoms with E-state index in [0.29, 0.717) is 5.92 Å². The Labute approximate surface area is 119 Å². The van der Waals surface area contributed by atoms with Gasteiger partial charge in [0, 0.05) is 11.7 Å². The second-order valence-electron chi connectivity index (χ2n) is 5.58. The van der Waals surface area contributed by atoms with E-state index in [1.807, 2.05) is 41.1 Å². The van der Waals surface area contributed by atoms with E-state index < -0.39 is 0 Å². The molecule has 1 aromatic heterocycles. The molecule has 0 aliphatic rings. The van der Waals surface area contributed by atoms with Gasteiger partial charge in [-0.05, 0) is 29.9 Å². The molecule has 0 aliphatic heterocycles. The molecule has 0 fully saturated rings. The van der Waals surface area contributed by atoms with Crippen molar-refractivity contribution in [1.82, 2.24) is 9.88 Å². The van der Waals surface area contributed by atoms with Crippen molar-refractivity contribution in [2.24, 2.45) is 5.92 Å². The first-order valence-electron chi connectivity index (χ1n) is 7.04. The molecule has 0 aliphatic carbocycles. The third-order valence-corrected chi connectivity index (χ3v) is 3.34. The van der Waals surface area contributed by atoms with Gasteiger partial charge in [-0.1, -0.05) is 32.0 Å². The van der Waals surface area contributed by atoms with Crippen LogP contribution in [0.25, 0.3) is 10.9 Å². The summed E-state index contributed by atoms with van der Waals surface area (Å²) in [4.78, 5) is 12.1. The molecule has 1 aromatic carbocycles. The fourth-order valence-electron chi connectivity index (χ4n) is 2.45. The van der Waals surface area contributed by atoms with E-state index in [4.69, 9.17) is 0 Å². The number of hydrogen-bond donors (Lipinski definition) is 2. The largest absolute Gasteiger partial charge is 0.394 e. The number of aliphatic hydroxyl groups excluding tert-OH is 1. The van der Waals surface area contributed by atoms with E-state index in [9.17, 15) is 9.90 Å². The number of para-hydroxylation sites is 1. The molecule has 1 heterocycles. The summed E-state index contributed by atoms with van der Waals surface area (Å²) in [7, 11) is 0. The number of nitrogens with zero attached hydrogens (tertiary/aromatic N) is 1. The van der Waals surface area contributed by atoms with E-state index in [1.165, 1.54) is 0 Å². The van der Waals surface area contributed by atoms with E-state index in [2.05, 4.69) is 19.2 Å². The van der Waals surface area contributed by atoms with Gasteiger partial charge in [-0.2, -0.15) is 0 Å². The van der Waals surface area contributed by atoms with Crippen LogP contribution in [0.1, 0.15) is 20.3 Å². The lowest BCUT2D eigenvalue weighted by Gasteiger charge is -2.18. The SMILES string of the molecule is CC(C)CC(CO)NC(=O)Cn1ccc2ccccc21. The van der Waals surface area contributed by atoms with Crippen LogP contribution < -0.4 is 5.32 Å². The topological polar surface area (TPSA) is 54.3 Å². The molecule has 108 valence electrons. The van der Waals surface area contributed by atoms with Gasteiger partial charge < -0.3 is 15.0 Å². The van der Waals surface area contributed by atoms with Crippen LogP contribution in [0.3, 0.4) is 0 Å². The zero-order valence-electron chi connectivity index (χ0n) is 12.0. The number of aliphatic hydroxyl groups is 1. The highest BCUT2D eigenvalue weighted by molar-refractivity contribution is 5.83. The molecular formula is C16H22N2O2. The zero-order valence-corrected chi connectivity index (χ0v) is 12.0. The maximum atomic E-state index is 12.1. The number of nitrogens with one attached hydrogen (secondary N) is 1. The molecule has 4 nitrogen and oxygen atoms in total. The van der Waals surface area contributed by atoms with Crippen LogP contribution in [-0.4, -0.2) is 28.2 Å². The Morgan fingerprint density at radius 2 is 2.05 bits per heavy atom. The van der Waals surface area contributed by atoms with Gasteiger partial charge in [-0.15, -0.1) is 0 Å². The Hall–Kier alpha value is -1.81. The quantitative estimate of drug-likeness (QED) is 0.848. The van der Waals surface area contributed by atoms with Crippen LogP contribution in [0.2, 0.25) is 0 Å². The normalized spacial score (nSPS) is 12.8. The Morgan fingerprint density at radius 1 is 1.30 bits per heavy atom. The second kappa shape index (κ2) is 6.57. The summed E-state index contributed by atoms with van der Waals surface area (Å²) in [6.07, 6.45) is 2.70. The van der Waals surface area contributed by atoms with Gasteiger partial charge >= 0.3 is 0 Å². The van der Waals surface area contributed by atoms with E-state index in [1.54, 1.807) is 0 Å². The molecule has 0 spiro atoms. The zero-order chi connectivity index (χ0) is 14.5. The molecule has 0 bridgehead atoms. The number of fused-ring (bicyclic) bond motifs is 1. The van der Waals surface area contributed by atoms with Gasteiger partial charge in [-0.3, -0.25) is 4.79 Å². The van der Waals surface area contributed by atoms with Gasteiger partial charge in [0.25, 0.3) is 0 Å². The predicted octanol–water partition coefficient (Wildman–Crippen LogP) is 2.16. The smallest absolute Gasteiger partial charge is 0.240 e. The number of carbonyl (C=O) groups is 1. The minimum atomic E-state index is -0.163. The van der Waals surface area contributed by atoms with Crippen molar-refractivity contribution in [2.75, 3.05) is 6.61 Å². The highest BCUT2D eigenvalue weighted by Crippen LogP contribution is 2.14. The van der Waals surface area contributed by atoms with Crippen molar-refractivity contribution in [3.05, 3.63) is 36.5 Å². The van der Waals surface area contributed by atoms with Crippen molar-refractivity contribution < 1.29 is 9.90 Å². The number of amides is 1. The van der Waals surface area contributed by atoms with Gasteiger partial charge in [-0.25, -0.2) is 0 Å². The Morgan fingerprint density at radius 3 is 2.75 bits per heavy atom. The average molecular weight is 274 g/mol. The molecule has 0 radical (unpaired) electrons. The van der Waals surface area contributed by atoms with Gasteiger partial charge in [0.05, 0.1) is 12.6 Å². The van der Waals surface area contributed by atoms with Crippen LogP contribution in [0.4, 0.5) is 0 Å². The third kappa shape index (κ3) is 3.61.